The molecule has 110 valence electrons. The number of rotatable bonds is 4. The monoisotopic (exact) mass is 286 g/mol. The molecule has 0 spiro atoms. The van der Waals surface area contributed by atoms with Crippen LogP contribution >= 0.6 is 0 Å². The second-order valence-corrected chi connectivity index (χ2v) is 5.89. The minimum Gasteiger partial charge on any atom is -0.481 e. The van der Waals surface area contributed by atoms with Crippen LogP contribution in [0.1, 0.15) is 38.3 Å². The van der Waals surface area contributed by atoms with E-state index in [4.69, 9.17) is 0 Å². The number of hydrogen-bond acceptors (Lipinski definition) is 2. The molecule has 0 aliphatic heterocycles. The summed E-state index contributed by atoms with van der Waals surface area (Å²) in [5.41, 5.74) is 0.782. The van der Waals surface area contributed by atoms with E-state index in [0.29, 0.717) is 12.8 Å². The molecule has 5 nitrogen and oxygen atoms in total. The summed E-state index contributed by atoms with van der Waals surface area (Å²) in [6.45, 7) is 3.91. The van der Waals surface area contributed by atoms with Crippen LogP contribution in [0.5, 0.6) is 0 Å². The van der Waals surface area contributed by atoms with Gasteiger partial charge < -0.3 is 5.11 Å². The maximum atomic E-state index is 12.2. The van der Waals surface area contributed by atoms with Gasteiger partial charge in [0.2, 0.25) is 0 Å². The SMILES string of the molecule is CC(C)n1ccn(-c2ccc(C3(C(=O)O)CC3)cc2)c1=O. The number of imidazole rings is 1. The lowest BCUT2D eigenvalue weighted by Crippen LogP contribution is -2.24. The van der Waals surface area contributed by atoms with Crippen LogP contribution in [0.25, 0.3) is 5.69 Å². The van der Waals surface area contributed by atoms with Gasteiger partial charge in [-0.25, -0.2) is 4.79 Å². The van der Waals surface area contributed by atoms with Crippen molar-refractivity contribution in [3.05, 3.63) is 52.7 Å². The van der Waals surface area contributed by atoms with Crippen LogP contribution in [-0.4, -0.2) is 20.2 Å². The number of hydrogen-bond donors (Lipinski definition) is 1. The Kier molecular flexibility index (Phi) is 3.01. The highest BCUT2D eigenvalue weighted by atomic mass is 16.4. The zero-order chi connectivity index (χ0) is 15.2. The van der Waals surface area contributed by atoms with E-state index in [1.165, 1.54) is 0 Å². The summed E-state index contributed by atoms with van der Waals surface area (Å²) >= 11 is 0. The van der Waals surface area contributed by atoms with E-state index in [-0.39, 0.29) is 11.7 Å². The van der Waals surface area contributed by atoms with Crippen molar-refractivity contribution in [3.63, 3.8) is 0 Å². The van der Waals surface area contributed by atoms with Gasteiger partial charge in [-0.3, -0.25) is 13.9 Å². The Morgan fingerprint density at radius 3 is 2.24 bits per heavy atom. The lowest BCUT2D eigenvalue weighted by Gasteiger charge is -2.11. The number of carboxylic acids is 1. The fourth-order valence-electron chi connectivity index (χ4n) is 2.67. The predicted octanol–water partition coefficient (Wildman–Crippen LogP) is 2.34. The first kappa shape index (κ1) is 13.7. The Balaban J connectivity index is 1.95. The molecule has 0 radical (unpaired) electrons. The summed E-state index contributed by atoms with van der Waals surface area (Å²) in [6, 6.07) is 7.36. The Labute approximate surface area is 122 Å². The van der Waals surface area contributed by atoms with Gasteiger partial charge >= 0.3 is 11.7 Å². The Hall–Kier alpha value is -2.30. The first-order valence-corrected chi connectivity index (χ1v) is 7.09. The van der Waals surface area contributed by atoms with E-state index in [2.05, 4.69) is 0 Å². The quantitative estimate of drug-likeness (QED) is 0.938. The van der Waals surface area contributed by atoms with Crippen molar-refractivity contribution in [1.29, 1.82) is 0 Å². The first-order valence-electron chi connectivity index (χ1n) is 7.09. The molecule has 1 aliphatic rings. The highest BCUT2D eigenvalue weighted by Gasteiger charge is 2.51. The third-order valence-electron chi connectivity index (χ3n) is 4.22. The van der Waals surface area contributed by atoms with E-state index < -0.39 is 11.4 Å². The molecule has 1 aromatic heterocycles. The molecular weight excluding hydrogens is 268 g/mol. The fourth-order valence-corrected chi connectivity index (χ4v) is 2.67. The lowest BCUT2D eigenvalue weighted by molar-refractivity contribution is -0.140. The fraction of sp³-hybridized carbons (Fsp3) is 0.375. The van der Waals surface area contributed by atoms with Crippen LogP contribution in [0.4, 0.5) is 0 Å². The molecular formula is C16H18N2O3. The van der Waals surface area contributed by atoms with Gasteiger partial charge in [-0.15, -0.1) is 0 Å². The number of carbonyl (C=O) groups is 1. The number of aromatic nitrogens is 2. The first-order chi connectivity index (χ1) is 9.95. The van der Waals surface area contributed by atoms with Crippen LogP contribution in [0.2, 0.25) is 0 Å². The highest BCUT2D eigenvalue weighted by molar-refractivity contribution is 5.84. The van der Waals surface area contributed by atoms with Crippen LogP contribution in [0.15, 0.2) is 41.5 Å². The van der Waals surface area contributed by atoms with Crippen molar-refractivity contribution in [1.82, 2.24) is 9.13 Å². The second-order valence-electron chi connectivity index (χ2n) is 5.89. The molecule has 2 aromatic rings. The van der Waals surface area contributed by atoms with Gasteiger partial charge in [0.05, 0.1) is 11.1 Å². The number of benzene rings is 1. The summed E-state index contributed by atoms with van der Waals surface area (Å²) in [6.07, 6.45) is 4.87. The number of carboxylic acid groups (broad SMARTS) is 1. The lowest BCUT2D eigenvalue weighted by atomic mass is 9.96. The smallest absolute Gasteiger partial charge is 0.332 e. The topological polar surface area (TPSA) is 64.2 Å². The third kappa shape index (κ3) is 2.09. The molecule has 1 fully saturated rings. The van der Waals surface area contributed by atoms with Gasteiger partial charge in [-0.2, -0.15) is 0 Å². The van der Waals surface area contributed by atoms with E-state index in [1.54, 1.807) is 21.5 Å². The number of nitrogens with zero attached hydrogens (tertiary/aromatic N) is 2. The molecule has 0 atom stereocenters. The Morgan fingerprint density at radius 1 is 1.19 bits per heavy atom. The maximum Gasteiger partial charge on any atom is 0.332 e. The standard InChI is InChI=1S/C16H18N2O3/c1-11(2)17-9-10-18(15(17)21)13-5-3-12(4-6-13)16(7-8-16)14(19)20/h3-6,9-11H,7-8H2,1-2H3,(H,19,20). The Bertz CT molecular complexity index is 734. The normalized spacial score (nSPS) is 16.1. The molecule has 0 saturated heterocycles. The molecule has 1 saturated carbocycles. The predicted molar refractivity (Wildman–Crippen MR) is 79.0 cm³/mol. The summed E-state index contributed by atoms with van der Waals surface area (Å²) in [5, 5.41) is 9.29. The molecule has 21 heavy (non-hydrogen) atoms. The second kappa shape index (κ2) is 4.62. The average Bonchev–Trinajstić information content (AvgIpc) is 3.17. The zero-order valence-electron chi connectivity index (χ0n) is 12.1. The van der Waals surface area contributed by atoms with Crippen LogP contribution in [0.3, 0.4) is 0 Å². The van der Waals surface area contributed by atoms with Gasteiger partial charge in [0, 0.05) is 18.4 Å². The molecule has 0 bridgehead atoms. The van der Waals surface area contributed by atoms with Crippen molar-refractivity contribution >= 4 is 5.97 Å². The van der Waals surface area contributed by atoms with E-state index in [0.717, 1.165) is 11.3 Å². The summed E-state index contributed by atoms with van der Waals surface area (Å²) in [5.74, 6) is -0.765. The van der Waals surface area contributed by atoms with E-state index in [1.807, 2.05) is 38.1 Å². The molecule has 1 N–H and O–H groups in total. The molecule has 1 aliphatic carbocycles. The van der Waals surface area contributed by atoms with E-state index in [9.17, 15) is 14.7 Å². The number of aliphatic carboxylic acids is 1. The largest absolute Gasteiger partial charge is 0.481 e. The summed E-state index contributed by atoms with van der Waals surface area (Å²) in [4.78, 5) is 23.6. The molecule has 1 aromatic carbocycles. The molecule has 0 amide bonds. The summed E-state index contributed by atoms with van der Waals surface area (Å²) < 4.78 is 3.23. The molecule has 5 heteroatoms. The van der Waals surface area contributed by atoms with Crippen molar-refractivity contribution in [3.8, 4) is 5.69 Å². The maximum absolute atomic E-state index is 12.2. The Morgan fingerprint density at radius 2 is 1.81 bits per heavy atom. The van der Waals surface area contributed by atoms with Gasteiger partial charge in [0.15, 0.2) is 0 Å². The van der Waals surface area contributed by atoms with Gasteiger partial charge in [0.1, 0.15) is 0 Å². The van der Waals surface area contributed by atoms with Gasteiger partial charge in [-0.05, 0) is 44.4 Å². The van der Waals surface area contributed by atoms with Crippen LogP contribution in [0, 0.1) is 0 Å². The van der Waals surface area contributed by atoms with Crippen molar-refractivity contribution in [2.24, 2.45) is 0 Å². The van der Waals surface area contributed by atoms with E-state index >= 15 is 0 Å². The molecule has 3 rings (SSSR count). The molecule has 0 unspecified atom stereocenters. The molecule has 1 heterocycles. The van der Waals surface area contributed by atoms with Gasteiger partial charge in [0.25, 0.3) is 0 Å². The van der Waals surface area contributed by atoms with Crippen LogP contribution < -0.4 is 5.69 Å². The third-order valence-corrected chi connectivity index (χ3v) is 4.22. The zero-order valence-corrected chi connectivity index (χ0v) is 12.1. The van der Waals surface area contributed by atoms with Crippen molar-refractivity contribution in [2.45, 2.75) is 38.1 Å². The van der Waals surface area contributed by atoms with Crippen molar-refractivity contribution < 1.29 is 9.90 Å². The minimum absolute atomic E-state index is 0.0860. The highest BCUT2D eigenvalue weighted by Crippen LogP contribution is 2.48. The van der Waals surface area contributed by atoms with Crippen LogP contribution in [-0.2, 0) is 10.2 Å². The average molecular weight is 286 g/mol. The minimum atomic E-state index is -0.765. The van der Waals surface area contributed by atoms with Gasteiger partial charge in [-0.1, -0.05) is 12.1 Å². The summed E-state index contributed by atoms with van der Waals surface area (Å²) in [7, 11) is 0. The van der Waals surface area contributed by atoms with Crippen molar-refractivity contribution in [2.75, 3.05) is 0 Å².